The van der Waals surface area contributed by atoms with Gasteiger partial charge >= 0.3 is 0 Å². The molecular weight excluding hydrogens is 282 g/mol. The maximum Gasteiger partial charge on any atom is 0.139 e. The van der Waals surface area contributed by atoms with Gasteiger partial charge in [-0.1, -0.05) is 0 Å². The van der Waals surface area contributed by atoms with Crippen molar-refractivity contribution in [2.75, 3.05) is 5.88 Å². The zero-order valence-corrected chi connectivity index (χ0v) is 10.4. The van der Waals surface area contributed by atoms with E-state index in [0.29, 0.717) is 22.3 Å². The highest BCUT2D eigenvalue weighted by Crippen LogP contribution is 2.23. The smallest absolute Gasteiger partial charge is 0.139 e. The fourth-order valence-corrected chi connectivity index (χ4v) is 2.05. The number of hydrogen-bond acceptors (Lipinski definition) is 1. The summed E-state index contributed by atoms with van der Waals surface area (Å²) in [5, 5.41) is 0. The Labute approximate surface area is 100 Å². The average Bonchev–Trinajstić information content (AvgIpc) is 2.47. The van der Waals surface area contributed by atoms with E-state index in [9.17, 15) is 4.39 Å². The minimum atomic E-state index is -0.293. The van der Waals surface area contributed by atoms with Gasteiger partial charge in [0.2, 0.25) is 0 Å². The van der Waals surface area contributed by atoms with E-state index < -0.39 is 0 Å². The lowest BCUT2D eigenvalue weighted by Gasteiger charge is -1.99. The van der Waals surface area contributed by atoms with Crippen LogP contribution in [0.5, 0.6) is 0 Å². The molecule has 0 saturated heterocycles. The van der Waals surface area contributed by atoms with E-state index in [4.69, 9.17) is 11.6 Å². The van der Waals surface area contributed by atoms with Crippen molar-refractivity contribution in [2.45, 2.75) is 6.42 Å². The molecule has 1 heterocycles. The van der Waals surface area contributed by atoms with Gasteiger partial charge in [-0.25, -0.2) is 9.37 Å². The van der Waals surface area contributed by atoms with Crippen LogP contribution < -0.4 is 0 Å². The number of alkyl halides is 1. The molecule has 0 aliphatic carbocycles. The maximum atomic E-state index is 13.3. The molecule has 1 aromatic carbocycles. The van der Waals surface area contributed by atoms with Gasteiger partial charge in [-0.15, -0.1) is 11.6 Å². The fourth-order valence-electron chi connectivity index (χ4n) is 1.55. The summed E-state index contributed by atoms with van der Waals surface area (Å²) in [4.78, 5) is 4.32. The van der Waals surface area contributed by atoms with Crippen LogP contribution in [0.25, 0.3) is 11.0 Å². The van der Waals surface area contributed by atoms with Crippen LogP contribution in [0.1, 0.15) is 5.82 Å². The largest absolute Gasteiger partial charge is 0.331 e. The Balaban J connectivity index is 2.66. The molecule has 0 spiro atoms. The van der Waals surface area contributed by atoms with Gasteiger partial charge in [0.25, 0.3) is 0 Å². The maximum absolute atomic E-state index is 13.3. The third kappa shape index (κ3) is 1.88. The first-order valence-corrected chi connectivity index (χ1v) is 5.82. The Morgan fingerprint density at radius 1 is 1.53 bits per heavy atom. The zero-order valence-electron chi connectivity index (χ0n) is 8.10. The highest BCUT2D eigenvalue weighted by Gasteiger charge is 2.10. The molecular formula is C10H9BrClFN2. The van der Waals surface area contributed by atoms with Gasteiger partial charge < -0.3 is 4.57 Å². The predicted octanol–water partition coefficient (Wildman–Crippen LogP) is 3.26. The van der Waals surface area contributed by atoms with Crippen LogP contribution in [0.3, 0.4) is 0 Å². The quantitative estimate of drug-likeness (QED) is 0.777. The summed E-state index contributed by atoms with van der Waals surface area (Å²) in [7, 11) is 1.90. The van der Waals surface area contributed by atoms with Crippen LogP contribution in [0, 0.1) is 5.82 Å². The topological polar surface area (TPSA) is 17.8 Å². The average molecular weight is 292 g/mol. The molecule has 1 aromatic heterocycles. The number of aryl methyl sites for hydroxylation is 2. The first kappa shape index (κ1) is 10.9. The highest BCUT2D eigenvalue weighted by atomic mass is 79.9. The van der Waals surface area contributed by atoms with Crippen LogP contribution in [0.2, 0.25) is 0 Å². The van der Waals surface area contributed by atoms with Crippen LogP contribution >= 0.6 is 27.5 Å². The van der Waals surface area contributed by atoms with Gasteiger partial charge in [0.15, 0.2) is 0 Å². The lowest BCUT2D eigenvalue weighted by molar-refractivity contribution is 0.623. The molecule has 0 N–H and O–H groups in total. The van der Waals surface area contributed by atoms with Crippen LogP contribution in [-0.2, 0) is 13.5 Å². The molecule has 2 aromatic rings. The molecule has 0 saturated carbocycles. The summed E-state index contributed by atoms with van der Waals surface area (Å²) in [6.07, 6.45) is 0.686. The second kappa shape index (κ2) is 4.10. The van der Waals surface area contributed by atoms with E-state index in [1.165, 1.54) is 6.07 Å². The minimum absolute atomic E-state index is 0.293. The van der Waals surface area contributed by atoms with E-state index in [2.05, 4.69) is 20.9 Å². The van der Waals surface area contributed by atoms with Crippen molar-refractivity contribution in [1.29, 1.82) is 0 Å². The Bertz CT molecular complexity index is 510. The van der Waals surface area contributed by atoms with E-state index >= 15 is 0 Å². The normalized spacial score (nSPS) is 11.2. The van der Waals surface area contributed by atoms with Crippen molar-refractivity contribution in [3.63, 3.8) is 0 Å². The molecule has 5 heteroatoms. The molecule has 2 rings (SSSR count). The second-order valence-corrected chi connectivity index (χ2v) is 4.51. The molecule has 0 atom stereocenters. The third-order valence-corrected chi connectivity index (χ3v) is 3.13. The molecule has 0 amide bonds. The Kier molecular flexibility index (Phi) is 2.98. The van der Waals surface area contributed by atoms with Crippen molar-refractivity contribution in [2.24, 2.45) is 7.05 Å². The molecule has 0 aliphatic heterocycles. The third-order valence-electron chi connectivity index (χ3n) is 2.33. The number of aromatic nitrogens is 2. The van der Waals surface area contributed by atoms with Gasteiger partial charge in [-0.2, -0.15) is 0 Å². The van der Waals surface area contributed by atoms with E-state index in [1.807, 2.05) is 11.6 Å². The number of rotatable bonds is 2. The summed E-state index contributed by atoms with van der Waals surface area (Å²) in [6.45, 7) is 0. The molecule has 0 radical (unpaired) electrons. The molecule has 0 aliphatic rings. The first-order chi connectivity index (χ1) is 7.13. The summed E-state index contributed by atoms with van der Waals surface area (Å²) >= 11 is 8.82. The summed E-state index contributed by atoms with van der Waals surface area (Å²) in [6, 6.07) is 3.16. The minimum Gasteiger partial charge on any atom is -0.331 e. The highest BCUT2D eigenvalue weighted by molar-refractivity contribution is 9.10. The van der Waals surface area contributed by atoms with Crippen molar-refractivity contribution in [1.82, 2.24) is 9.55 Å². The van der Waals surface area contributed by atoms with Gasteiger partial charge in [-0.3, -0.25) is 0 Å². The molecule has 15 heavy (non-hydrogen) atoms. The lowest BCUT2D eigenvalue weighted by Crippen LogP contribution is -1.98. The van der Waals surface area contributed by atoms with Crippen LogP contribution in [0.15, 0.2) is 16.6 Å². The zero-order chi connectivity index (χ0) is 11.0. The summed E-state index contributed by atoms with van der Waals surface area (Å²) in [5.74, 6) is 1.09. The molecule has 0 bridgehead atoms. The number of halogens is 3. The van der Waals surface area contributed by atoms with Crippen LogP contribution in [0.4, 0.5) is 4.39 Å². The Morgan fingerprint density at radius 3 is 2.93 bits per heavy atom. The fraction of sp³-hybridized carbons (Fsp3) is 0.300. The van der Waals surface area contributed by atoms with Crippen LogP contribution in [-0.4, -0.2) is 15.4 Å². The molecule has 80 valence electrons. The van der Waals surface area contributed by atoms with Gasteiger partial charge in [0.05, 0.1) is 15.5 Å². The van der Waals surface area contributed by atoms with Crippen molar-refractivity contribution in [3.05, 3.63) is 28.2 Å². The van der Waals surface area contributed by atoms with Gasteiger partial charge in [0, 0.05) is 25.4 Å². The molecule has 2 nitrogen and oxygen atoms in total. The van der Waals surface area contributed by atoms with Crippen molar-refractivity contribution < 1.29 is 4.39 Å². The predicted molar refractivity (Wildman–Crippen MR) is 62.8 cm³/mol. The molecule has 0 fully saturated rings. The van der Waals surface area contributed by atoms with Crippen molar-refractivity contribution >= 4 is 38.6 Å². The Morgan fingerprint density at radius 2 is 2.27 bits per heavy atom. The summed E-state index contributed by atoms with van der Waals surface area (Å²) < 4.78 is 15.6. The number of fused-ring (bicyclic) bond motifs is 1. The van der Waals surface area contributed by atoms with E-state index in [-0.39, 0.29) is 5.82 Å². The lowest BCUT2D eigenvalue weighted by atomic mass is 10.3. The van der Waals surface area contributed by atoms with Crippen molar-refractivity contribution in [3.8, 4) is 0 Å². The van der Waals surface area contributed by atoms with E-state index in [1.54, 1.807) is 6.07 Å². The first-order valence-electron chi connectivity index (χ1n) is 4.50. The SMILES string of the molecule is Cn1c(CCCl)nc2cc(F)c(Br)cc21. The number of imidazole rings is 1. The summed E-state index contributed by atoms with van der Waals surface area (Å²) in [5.41, 5.74) is 1.57. The number of hydrogen-bond donors (Lipinski definition) is 0. The number of benzene rings is 1. The van der Waals surface area contributed by atoms with Gasteiger partial charge in [0.1, 0.15) is 11.6 Å². The number of nitrogens with zero attached hydrogens (tertiary/aromatic N) is 2. The standard InChI is InChI=1S/C10H9BrClFN2/c1-15-9-4-6(11)7(13)5-8(9)14-10(15)2-3-12/h4-5H,2-3H2,1H3. The Hall–Kier alpha value is -0.610. The monoisotopic (exact) mass is 290 g/mol. The molecule has 0 unspecified atom stereocenters. The van der Waals surface area contributed by atoms with E-state index in [0.717, 1.165) is 11.3 Å². The second-order valence-electron chi connectivity index (χ2n) is 3.28. The van der Waals surface area contributed by atoms with Gasteiger partial charge in [-0.05, 0) is 22.0 Å².